The number of alkyl carbamates (subject to hydrolysis) is 1. The topological polar surface area (TPSA) is 274 Å². The summed E-state index contributed by atoms with van der Waals surface area (Å²) in [5.74, 6) is -5.77. The number of aryl methyl sites for hydroxylation is 3. The number of nitrogens with two attached hydrogens (primary N) is 1. The molecule has 19 heteroatoms. The molecular formula is C48H65N7O11S. The normalized spacial score (nSPS) is 13.7. The molecule has 0 aliphatic heterocycles. The summed E-state index contributed by atoms with van der Waals surface area (Å²) in [5.41, 5.74) is 8.54. The first kappa shape index (κ1) is 54.6. The van der Waals surface area contributed by atoms with Gasteiger partial charge in [-0.3, -0.25) is 29.0 Å². The van der Waals surface area contributed by atoms with E-state index in [1.807, 2.05) is 43.3 Å². The summed E-state index contributed by atoms with van der Waals surface area (Å²) in [5, 5.41) is 19.6. The first-order valence-corrected chi connectivity index (χ1v) is 23.3. The van der Waals surface area contributed by atoms with Gasteiger partial charge in [0.2, 0.25) is 23.7 Å². The maximum Gasteiger partial charge on any atom is 0.408 e. The summed E-state index contributed by atoms with van der Waals surface area (Å²) in [4.78, 5) is 82.7. The number of esters is 1. The molecule has 3 aromatic carbocycles. The van der Waals surface area contributed by atoms with E-state index in [0.717, 1.165) is 16.7 Å². The Morgan fingerprint density at radius 1 is 0.806 bits per heavy atom. The fraction of sp³-hybridized carbons (Fsp3) is 0.438. The Bertz CT molecular complexity index is 2330. The third kappa shape index (κ3) is 19.7. The highest BCUT2D eigenvalue weighted by molar-refractivity contribution is 7.90. The number of aliphatic imine (C=N–C) groups is 1. The third-order valence-electron chi connectivity index (χ3n) is 9.91. The van der Waals surface area contributed by atoms with Gasteiger partial charge >= 0.3 is 18.0 Å². The number of amides is 4. The van der Waals surface area contributed by atoms with Crippen molar-refractivity contribution in [2.24, 2.45) is 22.6 Å². The quantitative estimate of drug-likeness (QED) is 0.0231. The molecule has 0 aromatic heterocycles. The van der Waals surface area contributed by atoms with E-state index in [4.69, 9.17) is 15.2 Å². The van der Waals surface area contributed by atoms with E-state index in [1.165, 1.54) is 0 Å². The number of guanidine groups is 1. The van der Waals surface area contributed by atoms with Gasteiger partial charge in [0.25, 0.3) is 10.0 Å². The molecule has 0 spiro atoms. The highest BCUT2D eigenvalue weighted by Crippen LogP contribution is 2.22. The highest BCUT2D eigenvalue weighted by Gasteiger charge is 2.30. The number of hydrogen-bond donors (Lipinski definition) is 7. The fourth-order valence-corrected chi connectivity index (χ4v) is 8.34. The molecule has 0 radical (unpaired) electrons. The highest BCUT2D eigenvalue weighted by atomic mass is 32.2. The molecule has 3 rings (SSSR count). The molecule has 0 saturated heterocycles. The molecule has 0 saturated carbocycles. The summed E-state index contributed by atoms with van der Waals surface area (Å²) >= 11 is 0. The molecule has 364 valence electrons. The van der Waals surface area contributed by atoms with Gasteiger partial charge in [-0.1, -0.05) is 104 Å². The van der Waals surface area contributed by atoms with Crippen molar-refractivity contribution >= 4 is 51.7 Å². The second-order valence-corrected chi connectivity index (χ2v) is 19.0. The lowest BCUT2D eigenvalue weighted by atomic mass is 9.92. The van der Waals surface area contributed by atoms with Crippen molar-refractivity contribution < 1.29 is 51.8 Å². The Labute approximate surface area is 393 Å². The SMILES string of the molecule is Cc1cc(C)c(S(=O)(=O)NC(N)=NCCC[C@H](NC(=O)[C@H](/C=C/[C@@H](Cc2ccccc2)NC(=O)[C@H](CC(=O)OCc2ccccc2)NC(=O)OC(C)(C)C)C(C)C)C(=O)NCC(=O)O)c(C)c1. The summed E-state index contributed by atoms with van der Waals surface area (Å²) in [6.45, 7) is 12.9. The van der Waals surface area contributed by atoms with Crippen LogP contribution >= 0.6 is 0 Å². The van der Waals surface area contributed by atoms with Crippen LogP contribution in [0.25, 0.3) is 0 Å². The third-order valence-corrected chi connectivity index (χ3v) is 11.6. The standard InChI is InChI=1S/C48H65N7O11S/c1-30(2)37(43(59)53-38(44(60)51-28-40(56)57)20-15-23-50-46(49)55-67(63,64)42-32(4)24-31(3)25-33(42)5)22-21-36(26-34-16-11-9-12-17-34)52-45(61)39(54-47(62)66-48(6,7)8)27-41(58)65-29-35-18-13-10-14-19-35/h9-14,16-19,21-22,24-25,30,36-39H,15,20,23,26-29H2,1-8H3,(H,51,60)(H,52,61)(H,53,59)(H,54,62)(H,56,57)(H3,49,50,55)/b22-21+/t36-,37+,38-,39-/m0/s1. The zero-order chi connectivity index (χ0) is 49.9. The van der Waals surface area contributed by atoms with Crippen molar-refractivity contribution in [3.63, 3.8) is 0 Å². The molecule has 0 unspecified atom stereocenters. The maximum absolute atomic E-state index is 14.0. The molecule has 0 heterocycles. The molecule has 67 heavy (non-hydrogen) atoms. The smallest absolute Gasteiger partial charge is 0.408 e. The number of nitrogens with zero attached hydrogens (tertiary/aromatic N) is 1. The second kappa shape index (κ2) is 25.8. The lowest BCUT2D eigenvalue weighted by Crippen LogP contribution is -2.51. The molecule has 4 amide bonds. The Morgan fingerprint density at radius 3 is 1.97 bits per heavy atom. The van der Waals surface area contributed by atoms with E-state index in [-0.39, 0.29) is 49.2 Å². The predicted molar refractivity (Wildman–Crippen MR) is 253 cm³/mol. The average molecular weight is 948 g/mol. The minimum absolute atomic E-state index is 0.0298. The number of ether oxygens (including phenoxy) is 2. The van der Waals surface area contributed by atoms with Crippen LogP contribution in [0.2, 0.25) is 0 Å². The molecule has 0 bridgehead atoms. The molecule has 0 aliphatic carbocycles. The molecule has 8 N–H and O–H groups in total. The van der Waals surface area contributed by atoms with E-state index in [9.17, 15) is 42.3 Å². The number of carbonyl (C=O) groups is 6. The van der Waals surface area contributed by atoms with Crippen LogP contribution in [0.5, 0.6) is 0 Å². The summed E-state index contributed by atoms with van der Waals surface area (Å²) in [7, 11) is -4.07. The van der Waals surface area contributed by atoms with Crippen LogP contribution in [0, 0.1) is 32.6 Å². The van der Waals surface area contributed by atoms with Crippen LogP contribution in [0.4, 0.5) is 4.79 Å². The van der Waals surface area contributed by atoms with Gasteiger partial charge in [-0.05, 0) is 89.0 Å². The van der Waals surface area contributed by atoms with Crippen LogP contribution in [-0.4, -0.2) is 92.1 Å². The number of aliphatic carboxylic acids is 1. The average Bonchev–Trinajstić information content (AvgIpc) is 3.22. The van der Waals surface area contributed by atoms with Gasteiger partial charge < -0.3 is 41.6 Å². The minimum Gasteiger partial charge on any atom is -0.480 e. The van der Waals surface area contributed by atoms with E-state index in [1.54, 1.807) is 97.0 Å². The van der Waals surface area contributed by atoms with Crippen LogP contribution in [0.15, 0.2) is 94.8 Å². The first-order valence-electron chi connectivity index (χ1n) is 21.9. The maximum atomic E-state index is 14.0. The van der Waals surface area contributed by atoms with Crippen LogP contribution in [0.1, 0.15) is 81.7 Å². The number of nitrogens with one attached hydrogen (secondary N) is 5. The lowest BCUT2D eigenvalue weighted by Gasteiger charge is -2.25. The van der Waals surface area contributed by atoms with Crippen molar-refractivity contribution in [1.29, 1.82) is 0 Å². The van der Waals surface area contributed by atoms with Gasteiger partial charge in [0.05, 0.1) is 23.3 Å². The van der Waals surface area contributed by atoms with Gasteiger partial charge in [-0.25, -0.2) is 17.9 Å². The van der Waals surface area contributed by atoms with Gasteiger partial charge in [-0.15, -0.1) is 0 Å². The van der Waals surface area contributed by atoms with E-state index in [0.29, 0.717) is 11.1 Å². The monoisotopic (exact) mass is 947 g/mol. The Balaban J connectivity index is 1.83. The number of benzene rings is 3. The molecule has 0 aliphatic rings. The van der Waals surface area contributed by atoms with Crippen molar-refractivity contribution in [3.8, 4) is 0 Å². The minimum atomic E-state index is -4.07. The second-order valence-electron chi connectivity index (χ2n) is 17.4. The van der Waals surface area contributed by atoms with Crippen molar-refractivity contribution in [2.75, 3.05) is 13.1 Å². The summed E-state index contributed by atoms with van der Waals surface area (Å²) in [6.07, 6.45) is 2.07. The number of hydrogen-bond acceptors (Lipinski definition) is 11. The zero-order valence-electron chi connectivity index (χ0n) is 39.4. The largest absolute Gasteiger partial charge is 0.480 e. The molecule has 3 aromatic rings. The fourth-order valence-electron chi connectivity index (χ4n) is 6.94. The van der Waals surface area contributed by atoms with Crippen molar-refractivity contribution in [3.05, 3.63) is 113 Å². The molecule has 18 nitrogen and oxygen atoms in total. The van der Waals surface area contributed by atoms with Gasteiger partial charge in [0.1, 0.15) is 30.8 Å². The molecule has 0 fully saturated rings. The van der Waals surface area contributed by atoms with Crippen LogP contribution in [0.3, 0.4) is 0 Å². The molecular weight excluding hydrogens is 883 g/mol. The van der Waals surface area contributed by atoms with Gasteiger partial charge in [0, 0.05) is 6.54 Å². The predicted octanol–water partition coefficient (Wildman–Crippen LogP) is 4.25. The Kier molecular flexibility index (Phi) is 21.0. The van der Waals surface area contributed by atoms with Gasteiger partial charge in [0.15, 0.2) is 0 Å². The van der Waals surface area contributed by atoms with E-state index in [2.05, 4.69) is 31.0 Å². The number of carboxylic acids is 1. The number of rotatable bonds is 23. The number of carboxylic acid groups (broad SMARTS) is 1. The number of sulfonamides is 1. The number of carbonyl (C=O) groups excluding carboxylic acids is 5. The van der Waals surface area contributed by atoms with Crippen molar-refractivity contribution in [2.45, 2.75) is 116 Å². The van der Waals surface area contributed by atoms with Crippen LogP contribution in [-0.2, 0) is 56.5 Å². The van der Waals surface area contributed by atoms with Gasteiger partial charge in [-0.2, -0.15) is 0 Å². The van der Waals surface area contributed by atoms with Crippen LogP contribution < -0.4 is 31.7 Å². The first-order chi connectivity index (χ1) is 31.4. The summed E-state index contributed by atoms with van der Waals surface area (Å²) in [6, 6.07) is 18.1. The van der Waals surface area contributed by atoms with E-state index >= 15 is 0 Å². The molecule has 4 atom stereocenters. The lowest BCUT2D eigenvalue weighted by molar-refractivity contribution is -0.147. The zero-order valence-corrected chi connectivity index (χ0v) is 40.2. The summed E-state index contributed by atoms with van der Waals surface area (Å²) < 4.78 is 39.4. The Morgan fingerprint density at radius 2 is 1.40 bits per heavy atom. The Hall–Kier alpha value is -6.76. The van der Waals surface area contributed by atoms with Crippen molar-refractivity contribution in [1.82, 2.24) is 26.0 Å². The van der Waals surface area contributed by atoms with E-state index < -0.39 is 88.4 Å².